The number of nitrogens with one attached hydrogen (secondary N) is 1. The first kappa shape index (κ1) is 9.63. The normalized spacial score (nSPS) is 11.3. The molecular formula is C7H5F3IN. The molecule has 1 rings (SSSR count). The molecule has 66 valence electrons. The summed E-state index contributed by atoms with van der Waals surface area (Å²) < 4.78 is 38.8. The van der Waals surface area contributed by atoms with Gasteiger partial charge < -0.3 is 3.53 Å². The maximum absolute atomic E-state index is 12.1. The molecule has 1 aromatic carbocycles. The molecule has 0 atom stereocenters. The molecule has 0 fully saturated rings. The predicted molar refractivity (Wildman–Crippen MR) is 49.1 cm³/mol. The molecule has 0 aliphatic rings. The van der Waals surface area contributed by atoms with Crippen molar-refractivity contribution < 1.29 is 13.2 Å². The Labute approximate surface area is 81.5 Å². The number of benzene rings is 1. The molecule has 1 N–H and O–H groups in total. The molecule has 1 nitrogen and oxygen atoms in total. The molecule has 0 unspecified atom stereocenters. The Morgan fingerprint density at radius 3 is 2.42 bits per heavy atom. The van der Waals surface area contributed by atoms with Gasteiger partial charge in [0.2, 0.25) is 0 Å². The van der Waals surface area contributed by atoms with E-state index in [1.54, 1.807) is 28.9 Å². The van der Waals surface area contributed by atoms with Gasteiger partial charge in [0.25, 0.3) is 0 Å². The molecule has 0 aromatic heterocycles. The fraction of sp³-hybridized carbons (Fsp3) is 0.143. The summed E-state index contributed by atoms with van der Waals surface area (Å²) in [6.45, 7) is 0. The third-order valence-corrected chi connectivity index (χ3v) is 1.92. The predicted octanol–water partition coefficient (Wildman–Crippen LogP) is 3.47. The SMILES string of the molecule is FC(F)(F)c1cccc(NI)c1. The fourth-order valence-electron chi connectivity index (χ4n) is 0.754. The van der Waals surface area contributed by atoms with Crippen LogP contribution in [0.1, 0.15) is 5.56 Å². The van der Waals surface area contributed by atoms with Crippen molar-refractivity contribution in [3.05, 3.63) is 29.8 Å². The molecule has 0 heterocycles. The summed E-state index contributed by atoms with van der Waals surface area (Å²) in [6, 6.07) is 5.04. The lowest BCUT2D eigenvalue weighted by atomic mass is 10.2. The van der Waals surface area contributed by atoms with Crippen molar-refractivity contribution in [3.63, 3.8) is 0 Å². The fourth-order valence-corrected chi connectivity index (χ4v) is 1.09. The van der Waals surface area contributed by atoms with Crippen LogP contribution in [0.2, 0.25) is 0 Å². The summed E-state index contributed by atoms with van der Waals surface area (Å²) in [5, 5.41) is 0. The molecule has 0 saturated carbocycles. The second-order valence-electron chi connectivity index (χ2n) is 2.17. The molecule has 0 aliphatic carbocycles. The van der Waals surface area contributed by atoms with Gasteiger partial charge in [0.05, 0.1) is 28.4 Å². The third-order valence-electron chi connectivity index (χ3n) is 1.30. The lowest BCUT2D eigenvalue weighted by molar-refractivity contribution is -0.137. The Kier molecular flexibility index (Phi) is 2.81. The van der Waals surface area contributed by atoms with Crippen molar-refractivity contribution in [2.75, 3.05) is 3.53 Å². The smallest absolute Gasteiger partial charge is 0.328 e. The average molecular weight is 287 g/mol. The summed E-state index contributed by atoms with van der Waals surface area (Å²) in [5.74, 6) is 0. The van der Waals surface area contributed by atoms with Gasteiger partial charge in [0.1, 0.15) is 0 Å². The monoisotopic (exact) mass is 287 g/mol. The van der Waals surface area contributed by atoms with Crippen LogP contribution in [-0.2, 0) is 6.18 Å². The van der Waals surface area contributed by atoms with Gasteiger partial charge in [-0.2, -0.15) is 13.2 Å². The highest BCUT2D eigenvalue weighted by molar-refractivity contribution is 14.1. The summed E-state index contributed by atoms with van der Waals surface area (Å²) in [6.07, 6.45) is -4.26. The van der Waals surface area contributed by atoms with Gasteiger partial charge in [-0.3, -0.25) is 0 Å². The quantitative estimate of drug-likeness (QED) is 0.616. The van der Waals surface area contributed by atoms with Crippen molar-refractivity contribution in [1.29, 1.82) is 0 Å². The Bertz CT molecular complexity index is 272. The van der Waals surface area contributed by atoms with Gasteiger partial charge in [-0.15, -0.1) is 0 Å². The number of alkyl halides is 3. The molecule has 1 aromatic rings. The van der Waals surface area contributed by atoms with Crippen molar-refractivity contribution >= 4 is 28.6 Å². The molecular weight excluding hydrogens is 282 g/mol. The van der Waals surface area contributed by atoms with E-state index in [2.05, 4.69) is 3.53 Å². The van der Waals surface area contributed by atoms with Gasteiger partial charge in [-0.05, 0) is 18.2 Å². The minimum Gasteiger partial charge on any atom is -0.328 e. The Hall–Kier alpha value is -0.460. The standard InChI is InChI=1S/C7H5F3IN/c8-7(9,10)5-2-1-3-6(4-5)12-11/h1-4,12H. The first-order valence-electron chi connectivity index (χ1n) is 3.08. The van der Waals surface area contributed by atoms with Crippen LogP contribution in [-0.4, -0.2) is 0 Å². The maximum Gasteiger partial charge on any atom is 0.416 e. The van der Waals surface area contributed by atoms with E-state index < -0.39 is 11.7 Å². The van der Waals surface area contributed by atoms with Gasteiger partial charge in [0, 0.05) is 5.69 Å². The number of rotatable bonds is 1. The minimum atomic E-state index is -4.26. The van der Waals surface area contributed by atoms with Crippen LogP contribution in [0.3, 0.4) is 0 Å². The van der Waals surface area contributed by atoms with E-state index >= 15 is 0 Å². The zero-order chi connectivity index (χ0) is 9.19. The maximum atomic E-state index is 12.1. The highest BCUT2D eigenvalue weighted by Crippen LogP contribution is 2.30. The van der Waals surface area contributed by atoms with E-state index in [0.29, 0.717) is 5.69 Å². The van der Waals surface area contributed by atoms with E-state index in [9.17, 15) is 13.2 Å². The van der Waals surface area contributed by atoms with Crippen molar-refractivity contribution in [2.24, 2.45) is 0 Å². The Balaban J connectivity index is 3.02. The van der Waals surface area contributed by atoms with Crippen LogP contribution in [0.15, 0.2) is 24.3 Å². The van der Waals surface area contributed by atoms with Crippen LogP contribution in [0.4, 0.5) is 18.9 Å². The van der Waals surface area contributed by atoms with Crippen molar-refractivity contribution in [1.82, 2.24) is 0 Å². The van der Waals surface area contributed by atoms with Crippen LogP contribution < -0.4 is 3.53 Å². The number of hydrogen-bond donors (Lipinski definition) is 1. The van der Waals surface area contributed by atoms with E-state index in [1.807, 2.05) is 0 Å². The average Bonchev–Trinajstić information content (AvgIpc) is 2.03. The zero-order valence-electron chi connectivity index (χ0n) is 5.82. The molecule has 0 spiro atoms. The van der Waals surface area contributed by atoms with Gasteiger partial charge in [-0.25, -0.2) is 0 Å². The van der Waals surface area contributed by atoms with E-state index in [4.69, 9.17) is 0 Å². The van der Waals surface area contributed by atoms with Gasteiger partial charge in [0.15, 0.2) is 0 Å². The second-order valence-corrected chi connectivity index (χ2v) is 2.71. The van der Waals surface area contributed by atoms with Crippen molar-refractivity contribution in [2.45, 2.75) is 6.18 Å². The lowest BCUT2D eigenvalue weighted by Crippen LogP contribution is -2.04. The zero-order valence-corrected chi connectivity index (χ0v) is 7.98. The number of hydrogen-bond acceptors (Lipinski definition) is 1. The van der Waals surface area contributed by atoms with E-state index in [0.717, 1.165) is 12.1 Å². The molecule has 0 radical (unpaired) electrons. The summed E-state index contributed by atoms with van der Waals surface area (Å²) in [4.78, 5) is 0. The van der Waals surface area contributed by atoms with Crippen molar-refractivity contribution in [3.8, 4) is 0 Å². The van der Waals surface area contributed by atoms with Gasteiger partial charge >= 0.3 is 6.18 Å². The number of anilines is 1. The molecule has 0 aliphatic heterocycles. The highest BCUT2D eigenvalue weighted by atomic mass is 127. The summed E-state index contributed by atoms with van der Waals surface area (Å²) >= 11 is 1.78. The lowest BCUT2D eigenvalue weighted by Gasteiger charge is -2.07. The second kappa shape index (κ2) is 3.51. The van der Waals surface area contributed by atoms with Crippen LogP contribution in [0, 0.1) is 0 Å². The summed E-state index contributed by atoms with van der Waals surface area (Å²) in [5.41, 5.74) is -0.186. The van der Waals surface area contributed by atoms with Crippen LogP contribution >= 0.6 is 22.9 Å². The number of halogens is 4. The first-order chi connectivity index (χ1) is 5.54. The molecule has 0 bridgehead atoms. The van der Waals surface area contributed by atoms with E-state index in [1.165, 1.54) is 6.07 Å². The van der Waals surface area contributed by atoms with Crippen LogP contribution in [0.25, 0.3) is 0 Å². The third kappa shape index (κ3) is 2.26. The topological polar surface area (TPSA) is 12.0 Å². The largest absolute Gasteiger partial charge is 0.416 e. The molecule has 0 amide bonds. The minimum absolute atomic E-state index is 0.449. The molecule has 12 heavy (non-hydrogen) atoms. The highest BCUT2D eigenvalue weighted by Gasteiger charge is 2.30. The van der Waals surface area contributed by atoms with Crippen LogP contribution in [0.5, 0.6) is 0 Å². The molecule has 0 saturated heterocycles. The Morgan fingerprint density at radius 2 is 1.92 bits per heavy atom. The first-order valence-corrected chi connectivity index (χ1v) is 4.16. The molecule has 5 heteroatoms. The summed E-state index contributed by atoms with van der Waals surface area (Å²) in [7, 11) is 0. The van der Waals surface area contributed by atoms with Gasteiger partial charge in [-0.1, -0.05) is 6.07 Å². The Morgan fingerprint density at radius 1 is 1.25 bits per heavy atom. The van der Waals surface area contributed by atoms with E-state index in [-0.39, 0.29) is 0 Å².